The molecule has 0 spiro atoms. The van der Waals surface area contributed by atoms with Gasteiger partial charge in [-0.1, -0.05) is 6.07 Å². The van der Waals surface area contributed by atoms with E-state index < -0.39 is 23.1 Å². The zero-order chi connectivity index (χ0) is 13.2. The maximum atomic E-state index is 13.4. The zero-order valence-corrected chi connectivity index (χ0v) is 10.6. The predicted molar refractivity (Wildman–Crippen MR) is 63.2 cm³/mol. The fourth-order valence-corrected chi connectivity index (χ4v) is 1.19. The second-order valence-corrected chi connectivity index (χ2v) is 5.05. The van der Waals surface area contributed by atoms with Crippen LogP contribution >= 0.6 is 11.6 Å². The van der Waals surface area contributed by atoms with E-state index >= 15 is 0 Å². The molecule has 0 bridgehead atoms. The van der Waals surface area contributed by atoms with E-state index in [1.54, 1.807) is 20.8 Å². The lowest BCUT2D eigenvalue weighted by Gasteiger charge is -2.29. The topological polar surface area (TPSA) is 29.1 Å². The first-order valence-electron chi connectivity index (χ1n) is 5.16. The van der Waals surface area contributed by atoms with E-state index in [4.69, 9.17) is 11.6 Å². The number of rotatable bonds is 3. The molecule has 0 fully saturated rings. The van der Waals surface area contributed by atoms with E-state index in [0.29, 0.717) is 0 Å². The van der Waals surface area contributed by atoms with Gasteiger partial charge in [-0.05, 0) is 32.9 Å². The van der Waals surface area contributed by atoms with E-state index in [9.17, 15) is 13.6 Å². The summed E-state index contributed by atoms with van der Waals surface area (Å²) in [5.74, 6) is -2.88. The molecule has 0 saturated carbocycles. The Kier molecular flexibility index (Phi) is 4.09. The Morgan fingerprint density at radius 3 is 2.53 bits per heavy atom. The summed E-state index contributed by atoms with van der Waals surface area (Å²) in [6.07, 6.45) is 0. The van der Waals surface area contributed by atoms with Gasteiger partial charge in [0, 0.05) is 0 Å². The van der Waals surface area contributed by atoms with Crippen LogP contribution in [0, 0.1) is 11.6 Å². The molecule has 0 saturated heterocycles. The molecule has 1 N–H and O–H groups in total. The van der Waals surface area contributed by atoms with E-state index in [-0.39, 0.29) is 10.9 Å². The van der Waals surface area contributed by atoms with Crippen molar-refractivity contribution in [2.45, 2.75) is 31.7 Å². The highest BCUT2D eigenvalue weighted by atomic mass is 35.5. The molecule has 94 valence electrons. The summed E-state index contributed by atoms with van der Waals surface area (Å²) >= 11 is 5.89. The van der Waals surface area contributed by atoms with Gasteiger partial charge in [0.2, 0.25) is 0 Å². The van der Waals surface area contributed by atoms with E-state index in [1.165, 1.54) is 12.1 Å². The monoisotopic (exact) mass is 261 g/mol. The van der Waals surface area contributed by atoms with Crippen molar-refractivity contribution < 1.29 is 13.6 Å². The Bertz CT molecular complexity index is 433. The minimum absolute atomic E-state index is 0.324. The highest BCUT2D eigenvalue weighted by Crippen LogP contribution is 2.17. The van der Waals surface area contributed by atoms with E-state index in [1.807, 2.05) is 0 Å². The lowest BCUT2D eigenvalue weighted by molar-refractivity contribution is 0.0907. The SMILES string of the molecule is CC(Cl)C(C)(C)NC(=O)c1cccc(F)c1F. The summed E-state index contributed by atoms with van der Waals surface area (Å²) in [4.78, 5) is 11.8. The quantitative estimate of drug-likeness (QED) is 0.833. The van der Waals surface area contributed by atoms with Crippen molar-refractivity contribution in [1.82, 2.24) is 5.32 Å². The molecule has 0 radical (unpaired) electrons. The van der Waals surface area contributed by atoms with Gasteiger partial charge in [0.15, 0.2) is 11.6 Å². The summed E-state index contributed by atoms with van der Waals surface area (Å²) in [7, 11) is 0. The molecule has 1 aromatic carbocycles. The van der Waals surface area contributed by atoms with Crippen molar-refractivity contribution >= 4 is 17.5 Å². The van der Waals surface area contributed by atoms with Gasteiger partial charge in [-0.2, -0.15) is 0 Å². The number of carbonyl (C=O) groups excluding carboxylic acids is 1. The normalized spacial score (nSPS) is 13.3. The molecule has 0 heterocycles. The van der Waals surface area contributed by atoms with Gasteiger partial charge < -0.3 is 5.32 Å². The first kappa shape index (κ1) is 13.9. The minimum atomic E-state index is -1.15. The van der Waals surface area contributed by atoms with Gasteiger partial charge in [-0.25, -0.2) is 8.78 Å². The number of hydrogen-bond acceptors (Lipinski definition) is 1. The van der Waals surface area contributed by atoms with Crippen LogP contribution in [0.1, 0.15) is 31.1 Å². The standard InChI is InChI=1S/C12H14ClF2NO/c1-7(13)12(2,3)16-11(17)8-5-4-6-9(14)10(8)15/h4-7H,1-3H3,(H,16,17). The summed E-state index contributed by atoms with van der Waals surface area (Å²) in [5, 5.41) is 2.22. The summed E-state index contributed by atoms with van der Waals surface area (Å²) in [6, 6.07) is 3.47. The Balaban J connectivity index is 2.95. The third-order valence-electron chi connectivity index (χ3n) is 2.63. The Morgan fingerprint density at radius 2 is 2.00 bits per heavy atom. The Morgan fingerprint density at radius 1 is 1.41 bits per heavy atom. The van der Waals surface area contributed by atoms with E-state index in [0.717, 1.165) is 6.07 Å². The van der Waals surface area contributed by atoms with Crippen LogP contribution in [0.5, 0.6) is 0 Å². The molecule has 1 atom stereocenters. The molecule has 1 unspecified atom stereocenters. The summed E-state index contributed by atoms with van der Waals surface area (Å²) in [5.41, 5.74) is -1.03. The third kappa shape index (κ3) is 3.16. The molecule has 0 aliphatic rings. The average molecular weight is 262 g/mol. The second-order valence-electron chi connectivity index (χ2n) is 4.39. The molecule has 1 rings (SSSR count). The van der Waals surface area contributed by atoms with Crippen LogP contribution in [-0.2, 0) is 0 Å². The van der Waals surface area contributed by atoms with Crippen LogP contribution in [0.3, 0.4) is 0 Å². The third-order valence-corrected chi connectivity index (χ3v) is 3.17. The smallest absolute Gasteiger partial charge is 0.254 e. The van der Waals surface area contributed by atoms with Crippen LogP contribution in [0.2, 0.25) is 0 Å². The fourth-order valence-electron chi connectivity index (χ4n) is 1.14. The van der Waals surface area contributed by atoms with Crippen LogP contribution in [0.15, 0.2) is 18.2 Å². The number of halogens is 3. The highest BCUT2D eigenvalue weighted by Gasteiger charge is 2.27. The van der Waals surface area contributed by atoms with Gasteiger partial charge in [-0.15, -0.1) is 11.6 Å². The van der Waals surface area contributed by atoms with Gasteiger partial charge >= 0.3 is 0 Å². The van der Waals surface area contributed by atoms with Crippen molar-refractivity contribution in [3.63, 3.8) is 0 Å². The van der Waals surface area contributed by atoms with E-state index in [2.05, 4.69) is 5.32 Å². The highest BCUT2D eigenvalue weighted by molar-refractivity contribution is 6.21. The van der Waals surface area contributed by atoms with Crippen molar-refractivity contribution in [3.05, 3.63) is 35.4 Å². The zero-order valence-electron chi connectivity index (χ0n) is 9.85. The molecule has 0 aromatic heterocycles. The van der Waals surface area contributed by atoms with Gasteiger partial charge in [0.05, 0.1) is 16.5 Å². The molecular formula is C12H14ClF2NO. The molecule has 1 aromatic rings. The molecule has 0 aliphatic carbocycles. The average Bonchev–Trinajstić information content (AvgIpc) is 2.21. The lowest BCUT2D eigenvalue weighted by Crippen LogP contribution is -2.49. The van der Waals surface area contributed by atoms with Crippen molar-refractivity contribution in [2.75, 3.05) is 0 Å². The largest absolute Gasteiger partial charge is 0.346 e. The number of benzene rings is 1. The van der Waals surface area contributed by atoms with Gasteiger partial charge in [-0.3, -0.25) is 4.79 Å². The van der Waals surface area contributed by atoms with Crippen LogP contribution in [0.4, 0.5) is 8.78 Å². The molecule has 0 aliphatic heterocycles. The van der Waals surface area contributed by atoms with Crippen molar-refractivity contribution in [2.24, 2.45) is 0 Å². The van der Waals surface area contributed by atoms with Crippen LogP contribution in [-0.4, -0.2) is 16.8 Å². The lowest BCUT2D eigenvalue weighted by atomic mass is 10.0. The fraction of sp³-hybridized carbons (Fsp3) is 0.417. The number of nitrogens with one attached hydrogen (secondary N) is 1. The summed E-state index contributed by atoms with van der Waals surface area (Å²) in [6.45, 7) is 5.13. The van der Waals surface area contributed by atoms with Crippen molar-refractivity contribution in [3.8, 4) is 0 Å². The van der Waals surface area contributed by atoms with Crippen LogP contribution < -0.4 is 5.32 Å². The van der Waals surface area contributed by atoms with Crippen molar-refractivity contribution in [1.29, 1.82) is 0 Å². The first-order chi connectivity index (χ1) is 7.75. The Labute approximate surface area is 104 Å². The number of alkyl halides is 1. The predicted octanol–water partition coefficient (Wildman–Crippen LogP) is 3.10. The number of carbonyl (C=O) groups is 1. The Hall–Kier alpha value is -1.16. The number of amides is 1. The minimum Gasteiger partial charge on any atom is -0.346 e. The molecule has 5 heteroatoms. The molecular weight excluding hydrogens is 248 g/mol. The molecule has 17 heavy (non-hydrogen) atoms. The van der Waals surface area contributed by atoms with Gasteiger partial charge in [0.1, 0.15) is 0 Å². The molecule has 2 nitrogen and oxygen atoms in total. The summed E-state index contributed by atoms with van der Waals surface area (Å²) < 4.78 is 26.3. The maximum absolute atomic E-state index is 13.4. The molecule has 1 amide bonds. The van der Waals surface area contributed by atoms with Crippen LogP contribution in [0.25, 0.3) is 0 Å². The first-order valence-corrected chi connectivity index (χ1v) is 5.60. The van der Waals surface area contributed by atoms with Gasteiger partial charge in [0.25, 0.3) is 5.91 Å². The number of hydrogen-bond donors (Lipinski definition) is 1. The maximum Gasteiger partial charge on any atom is 0.254 e. The second kappa shape index (κ2) is 5.00.